The van der Waals surface area contributed by atoms with Crippen molar-refractivity contribution in [2.45, 2.75) is 65.6 Å². The first-order chi connectivity index (χ1) is 14.4. The minimum Gasteiger partial charge on any atom is -0.497 e. The molecule has 0 spiro atoms. The Morgan fingerprint density at radius 2 is 1.73 bits per heavy atom. The Morgan fingerprint density at radius 3 is 2.30 bits per heavy atom. The summed E-state index contributed by atoms with van der Waals surface area (Å²) in [5.74, 6) is 0.610. The maximum atomic E-state index is 13.3. The van der Waals surface area contributed by atoms with Gasteiger partial charge in [0.05, 0.1) is 13.5 Å². The van der Waals surface area contributed by atoms with Gasteiger partial charge in [-0.15, -0.1) is 0 Å². The highest BCUT2D eigenvalue weighted by atomic mass is 16.5. The molecule has 0 aliphatic heterocycles. The van der Waals surface area contributed by atoms with Crippen molar-refractivity contribution in [3.05, 3.63) is 65.2 Å². The van der Waals surface area contributed by atoms with Gasteiger partial charge in [-0.05, 0) is 49.9 Å². The molecular formula is C25H34N2O3. The molecule has 162 valence electrons. The van der Waals surface area contributed by atoms with E-state index in [-0.39, 0.29) is 24.3 Å². The summed E-state index contributed by atoms with van der Waals surface area (Å²) in [5, 5.41) is 3.04. The molecule has 2 aromatic rings. The second-order valence-electron chi connectivity index (χ2n) is 7.78. The summed E-state index contributed by atoms with van der Waals surface area (Å²) in [6.45, 7) is 8.34. The molecule has 5 nitrogen and oxygen atoms in total. The van der Waals surface area contributed by atoms with Crippen LogP contribution in [0.5, 0.6) is 5.75 Å². The van der Waals surface area contributed by atoms with Crippen LogP contribution in [0.4, 0.5) is 0 Å². The predicted molar refractivity (Wildman–Crippen MR) is 120 cm³/mol. The molecule has 0 aromatic heterocycles. The van der Waals surface area contributed by atoms with Crippen molar-refractivity contribution >= 4 is 11.8 Å². The number of carbonyl (C=O) groups excluding carboxylic acids is 2. The van der Waals surface area contributed by atoms with Gasteiger partial charge in [-0.3, -0.25) is 9.59 Å². The van der Waals surface area contributed by atoms with E-state index in [1.807, 2.05) is 76.2 Å². The standard InChI is InChI=1S/C25H34N2O3/c1-6-19(4)26-25(29)23(7-2)27(17-20-11-13-22(30-5)14-12-20)24(28)16-21-10-8-9-18(3)15-21/h8-15,19,23H,6-7,16-17H2,1-5H3,(H,26,29)/t19-,23-/m0/s1. The largest absolute Gasteiger partial charge is 0.497 e. The number of nitrogens with one attached hydrogen (secondary N) is 1. The lowest BCUT2D eigenvalue weighted by Crippen LogP contribution is -2.51. The van der Waals surface area contributed by atoms with Gasteiger partial charge in [0.25, 0.3) is 0 Å². The predicted octanol–water partition coefficient (Wildman–Crippen LogP) is 4.27. The van der Waals surface area contributed by atoms with E-state index in [1.165, 1.54) is 0 Å². The molecule has 2 aromatic carbocycles. The first-order valence-electron chi connectivity index (χ1n) is 10.7. The Balaban J connectivity index is 2.28. The van der Waals surface area contributed by atoms with Gasteiger partial charge in [0, 0.05) is 12.6 Å². The molecular weight excluding hydrogens is 376 g/mol. The Morgan fingerprint density at radius 1 is 1.03 bits per heavy atom. The molecule has 0 aliphatic carbocycles. The van der Waals surface area contributed by atoms with Crippen molar-refractivity contribution in [3.8, 4) is 5.75 Å². The summed E-state index contributed by atoms with van der Waals surface area (Å²) in [4.78, 5) is 28.0. The fourth-order valence-electron chi connectivity index (χ4n) is 3.39. The summed E-state index contributed by atoms with van der Waals surface area (Å²) >= 11 is 0. The number of hydrogen-bond donors (Lipinski definition) is 1. The van der Waals surface area contributed by atoms with Crippen LogP contribution in [0.15, 0.2) is 48.5 Å². The van der Waals surface area contributed by atoms with Crippen molar-refractivity contribution in [1.29, 1.82) is 0 Å². The normalized spacial score (nSPS) is 12.7. The van der Waals surface area contributed by atoms with Crippen molar-refractivity contribution < 1.29 is 14.3 Å². The van der Waals surface area contributed by atoms with Gasteiger partial charge < -0.3 is 15.0 Å². The number of hydrogen-bond acceptors (Lipinski definition) is 3. The number of benzene rings is 2. The van der Waals surface area contributed by atoms with Crippen molar-refractivity contribution in [1.82, 2.24) is 10.2 Å². The minimum atomic E-state index is -0.515. The Labute approximate surface area is 180 Å². The zero-order valence-corrected chi connectivity index (χ0v) is 18.8. The van der Waals surface area contributed by atoms with E-state index in [4.69, 9.17) is 4.74 Å². The quantitative estimate of drug-likeness (QED) is 0.636. The fourth-order valence-corrected chi connectivity index (χ4v) is 3.39. The lowest BCUT2D eigenvalue weighted by atomic mass is 10.0. The molecule has 30 heavy (non-hydrogen) atoms. The van der Waals surface area contributed by atoms with E-state index in [1.54, 1.807) is 12.0 Å². The van der Waals surface area contributed by atoms with Gasteiger partial charge >= 0.3 is 0 Å². The number of aryl methyl sites for hydroxylation is 1. The van der Waals surface area contributed by atoms with Gasteiger partial charge in [-0.25, -0.2) is 0 Å². The molecule has 0 saturated heterocycles. The topological polar surface area (TPSA) is 58.6 Å². The van der Waals surface area contributed by atoms with E-state index in [2.05, 4.69) is 5.32 Å². The molecule has 0 fully saturated rings. The van der Waals surface area contributed by atoms with E-state index in [9.17, 15) is 9.59 Å². The average molecular weight is 411 g/mol. The van der Waals surface area contributed by atoms with Crippen LogP contribution in [0.3, 0.4) is 0 Å². The second kappa shape index (κ2) is 11.4. The number of methoxy groups -OCH3 is 1. The number of amides is 2. The maximum absolute atomic E-state index is 13.3. The Kier molecular flexibility index (Phi) is 8.90. The molecule has 0 aliphatic rings. The van der Waals surface area contributed by atoms with Gasteiger partial charge in [0.2, 0.25) is 11.8 Å². The molecule has 2 atom stereocenters. The smallest absolute Gasteiger partial charge is 0.243 e. The number of rotatable bonds is 10. The van der Waals surface area contributed by atoms with Crippen LogP contribution in [-0.2, 0) is 22.6 Å². The number of nitrogens with zero attached hydrogens (tertiary/aromatic N) is 1. The lowest BCUT2D eigenvalue weighted by molar-refractivity contribution is -0.141. The molecule has 0 heterocycles. The van der Waals surface area contributed by atoms with E-state index < -0.39 is 6.04 Å². The molecule has 0 radical (unpaired) electrons. The van der Waals surface area contributed by atoms with E-state index in [0.29, 0.717) is 13.0 Å². The summed E-state index contributed by atoms with van der Waals surface area (Å²) < 4.78 is 5.23. The summed E-state index contributed by atoms with van der Waals surface area (Å²) in [6.07, 6.45) is 1.67. The van der Waals surface area contributed by atoms with Crippen LogP contribution in [-0.4, -0.2) is 35.9 Å². The summed E-state index contributed by atoms with van der Waals surface area (Å²) in [7, 11) is 1.62. The molecule has 1 N–H and O–H groups in total. The summed E-state index contributed by atoms with van der Waals surface area (Å²) in [5.41, 5.74) is 3.03. The maximum Gasteiger partial charge on any atom is 0.243 e. The van der Waals surface area contributed by atoms with E-state index in [0.717, 1.165) is 28.9 Å². The van der Waals surface area contributed by atoms with Crippen LogP contribution < -0.4 is 10.1 Å². The molecule has 0 unspecified atom stereocenters. The van der Waals surface area contributed by atoms with Gasteiger partial charge in [0.15, 0.2) is 0 Å². The highest BCUT2D eigenvalue weighted by Gasteiger charge is 2.29. The Hall–Kier alpha value is -2.82. The van der Waals surface area contributed by atoms with Crippen LogP contribution in [0.25, 0.3) is 0 Å². The van der Waals surface area contributed by atoms with Gasteiger partial charge in [-0.2, -0.15) is 0 Å². The molecule has 2 rings (SSSR count). The molecule has 0 saturated carbocycles. The first-order valence-corrected chi connectivity index (χ1v) is 10.7. The zero-order valence-electron chi connectivity index (χ0n) is 18.8. The lowest BCUT2D eigenvalue weighted by Gasteiger charge is -2.31. The van der Waals surface area contributed by atoms with Gasteiger partial charge in [-0.1, -0.05) is 55.8 Å². The zero-order chi connectivity index (χ0) is 22.1. The van der Waals surface area contributed by atoms with Crippen LogP contribution in [0, 0.1) is 6.92 Å². The van der Waals surface area contributed by atoms with Crippen molar-refractivity contribution in [2.75, 3.05) is 7.11 Å². The monoisotopic (exact) mass is 410 g/mol. The molecule has 5 heteroatoms. The van der Waals surface area contributed by atoms with Crippen molar-refractivity contribution in [2.24, 2.45) is 0 Å². The Bertz CT molecular complexity index is 833. The fraction of sp³-hybridized carbons (Fsp3) is 0.440. The first kappa shape index (κ1) is 23.5. The number of ether oxygens (including phenoxy) is 1. The second-order valence-corrected chi connectivity index (χ2v) is 7.78. The van der Waals surface area contributed by atoms with Crippen molar-refractivity contribution in [3.63, 3.8) is 0 Å². The number of carbonyl (C=O) groups is 2. The average Bonchev–Trinajstić information content (AvgIpc) is 2.73. The third-order valence-corrected chi connectivity index (χ3v) is 5.34. The van der Waals surface area contributed by atoms with E-state index >= 15 is 0 Å². The highest BCUT2D eigenvalue weighted by molar-refractivity contribution is 5.88. The van der Waals surface area contributed by atoms with Crippen LogP contribution in [0.1, 0.15) is 50.3 Å². The third kappa shape index (κ3) is 6.61. The van der Waals surface area contributed by atoms with Gasteiger partial charge in [0.1, 0.15) is 11.8 Å². The summed E-state index contributed by atoms with van der Waals surface area (Å²) in [6, 6.07) is 15.1. The van der Waals surface area contributed by atoms with Crippen LogP contribution >= 0.6 is 0 Å². The third-order valence-electron chi connectivity index (χ3n) is 5.34. The van der Waals surface area contributed by atoms with Crippen LogP contribution in [0.2, 0.25) is 0 Å². The SMILES string of the molecule is CC[C@H](C)NC(=O)[C@H](CC)N(Cc1ccc(OC)cc1)C(=O)Cc1cccc(C)c1. The molecule has 0 bridgehead atoms. The molecule has 2 amide bonds. The highest BCUT2D eigenvalue weighted by Crippen LogP contribution is 2.18. The minimum absolute atomic E-state index is 0.0532.